The van der Waals surface area contributed by atoms with Gasteiger partial charge < -0.3 is 14.3 Å². The van der Waals surface area contributed by atoms with Crippen molar-refractivity contribution in [1.82, 2.24) is 0 Å². The molecule has 0 spiro atoms. The molecule has 4 nitrogen and oxygen atoms in total. The van der Waals surface area contributed by atoms with Gasteiger partial charge in [-0.1, -0.05) is 54.6 Å². The third-order valence-electron chi connectivity index (χ3n) is 5.63. The van der Waals surface area contributed by atoms with E-state index in [-0.39, 0.29) is 5.78 Å². The third kappa shape index (κ3) is 6.49. The van der Waals surface area contributed by atoms with E-state index in [1.165, 1.54) is 11.1 Å². The quantitative estimate of drug-likeness (QED) is 0.319. The maximum atomic E-state index is 12.4. The van der Waals surface area contributed by atoms with Gasteiger partial charge in [0.15, 0.2) is 5.78 Å². The molecule has 0 heterocycles. The number of Topliss-reactive ketones (excluding diaryl/α,β-unsaturated/α-hetero) is 1. The van der Waals surface area contributed by atoms with Crippen molar-refractivity contribution in [1.29, 1.82) is 0 Å². The van der Waals surface area contributed by atoms with Crippen molar-refractivity contribution in [2.45, 2.75) is 50.9 Å². The summed E-state index contributed by atoms with van der Waals surface area (Å²) in [4.78, 5) is 30.2. The van der Waals surface area contributed by atoms with Crippen LogP contribution >= 0.6 is 8.60 Å². The predicted molar refractivity (Wildman–Crippen MR) is 112 cm³/mol. The number of ketones is 1. The minimum Gasteiger partial charge on any atom is -0.328 e. The molecule has 150 valence electrons. The Morgan fingerprint density at radius 3 is 2.46 bits per heavy atom. The van der Waals surface area contributed by atoms with Crippen LogP contribution in [0.4, 0.5) is 0 Å². The summed E-state index contributed by atoms with van der Waals surface area (Å²) in [5.41, 5.74) is 3.39. The summed E-state index contributed by atoms with van der Waals surface area (Å²) in [7, 11) is -2.25. The second-order valence-electron chi connectivity index (χ2n) is 7.66. The van der Waals surface area contributed by atoms with Crippen LogP contribution in [0.25, 0.3) is 0 Å². The van der Waals surface area contributed by atoms with Crippen LogP contribution in [0.1, 0.15) is 65.9 Å². The second kappa shape index (κ2) is 10.8. The van der Waals surface area contributed by atoms with Gasteiger partial charge in [-0.2, -0.15) is 0 Å². The van der Waals surface area contributed by atoms with Crippen molar-refractivity contribution in [3.05, 3.63) is 71.3 Å². The van der Waals surface area contributed by atoms with E-state index < -0.39 is 8.60 Å². The first-order valence-corrected chi connectivity index (χ1v) is 11.3. The molecule has 5 heteroatoms. The van der Waals surface area contributed by atoms with Gasteiger partial charge in [0.2, 0.25) is 0 Å². The van der Waals surface area contributed by atoms with E-state index in [2.05, 4.69) is 36.4 Å². The molecule has 0 saturated heterocycles. The number of carbonyl (C=O) groups excluding carboxylic acids is 1. The Hall–Kier alpha value is -1.58. The van der Waals surface area contributed by atoms with Crippen molar-refractivity contribution in [3.8, 4) is 0 Å². The lowest BCUT2D eigenvalue weighted by atomic mass is 9.94. The van der Waals surface area contributed by atoms with Gasteiger partial charge in [-0.05, 0) is 61.5 Å². The number of rotatable bonds is 10. The molecule has 0 radical (unpaired) electrons. The fourth-order valence-electron chi connectivity index (χ4n) is 4.05. The minimum atomic E-state index is -2.25. The summed E-state index contributed by atoms with van der Waals surface area (Å²) in [5.74, 6) is 1.06. The van der Waals surface area contributed by atoms with Gasteiger partial charge in [0.25, 0.3) is 0 Å². The number of unbranched alkanes of at least 4 members (excludes halogenated alkanes) is 1. The monoisotopic (exact) mass is 400 g/mol. The molecule has 2 unspecified atom stereocenters. The summed E-state index contributed by atoms with van der Waals surface area (Å²) in [6.07, 6.45) is 6.68. The standard InChI is InChI=1S/C23H29O4P/c24-23(9-5-4-8-18-6-2-1-3-7-18)21-14-12-20(13-15-21)22-11-10-19(16-22)17-27-28(25)26/h1-3,6-7,12-15,19,22,25-26H,4-5,8-11,16-17H2. The Labute approximate surface area is 168 Å². The lowest BCUT2D eigenvalue weighted by Crippen LogP contribution is -2.04. The number of hydrogen-bond donors (Lipinski definition) is 2. The topological polar surface area (TPSA) is 66.8 Å². The maximum Gasteiger partial charge on any atom is 0.327 e. The lowest BCUT2D eigenvalue weighted by Gasteiger charge is -2.13. The minimum absolute atomic E-state index is 0.219. The molecule has 0 aromatic heterocycles. The average Bonchev–Trinajstić information content (AvgIpc) is 3.19. The molecule has 0 aliphatic heterocycles. The first-order valence-electron chi connectivity index (χ1n) is 10.1. The Morgan fingerprint density at radius 2 is 1.75 bits per heavy atom. The molecule has 28 heavy (non-hydrogen) atoms. The summed E-state index contributed by atoms with van der Waals surface area (Å²) >= 11 is 0. The number of carbonyl (C=O) groups is 1. The predicted octanol–water partition coefficient (Wildman–Crippen LogP) is 5.39. The van der Waals surface area contributed by atoms with Gasteiger partial charge in [0.1, 0.15) is 0 Å². The summed E-state index contributed by atoms with van der Waals surface area (Å²) in [6.45, 7) is 0.411. The molecule has 1 aliphatic carbocycles. The van der Waals surface area contributed by atoms with Gasteiger partial charge >= 0.3 is 8.60 Å². The molecule has 3 rings (SSSR count). The molecule has 1 aliphatic rings. The molecule has 2 N–H and O–H groups in total. The molecular formula is C23H29O4P. The smallest absolute Gasteiger partial charge is 0.327 e. The van der Waals surface area contributed by atoms with Crippen LogP contribution in [-0.4, -0.2) is 22.2 Å². The molecule has 2 aromatic rings. The van der Waals surface area contributed by atoms with E-state index in [1.54, 1.807) is 0 Å². The Morgan fingerprint density at radius 1 is 1.00 bits per heavy atom. The Bertz CT molecular complexity index is 730. The molecule has 1 saturated carbocycles. The number of hydrogen-bond acceptors (Lipinski definition) is 4. The van der Waals surface area contributed by atoms with Gasteiger partial charge in [0.05, 0.1) is 6.61 Å². The van der Waals surface area contributed by atoms with E-state index in [1.807, 2.05) is 18.2 Å². The van der Waals surface area contributed by atoms with Crippen LogP contribution in [0.5, 0.6) is 0 Å². The average molecular weight is 400 g/mol. The first-order chi connectivity index (χ1) is 13.6. The normalized spacial score (nSPS) is 19.2. The van der Waals surface area contributed by atoms with E-state index in [9.17, 15) is 4.79 Å². The van der Waals surface area contributed by atoms with E-state index >= 15 is 0 Å². The number of benzene rings is 2. The third-order valence-corrected chi connectivity index (χ3v) is 6.01. The van der Waals surface area contributed by atoms with E-state index in [4.69, 9.17) is 14.3 Å². The van der Waals surface area contributed by atoms with Crippen molar-refractivity contribution < 1.29 is 19.1 Å². The zero-order valence-corrected chi connectivity index (χ0v) is 17.1. The van der Waals surface area contributed by atoms with Crippen LogP contribution in [-0.2, 0) is 10.9 Å². The van der Waals surface area contributed by atoms with E-state index in [0.717, 1.165) is 44.1 Å². The van der Waals surface area contributed by atoms with Crippen LogP contribution in [0.15, 0.2) is 54.6 Å². The highest BCUT2D eigenvalue weighted by molar-refractivity contribution is 7.39. The highest BCUT2D eigenvalue weighted by Gasteiger charge is 2.26. The van der Waals surface area contributed by atoms with Crippen LogP contribution < -0.4 is 0 Å². The van der Waals surface area contributed by atoms with Crippen molar-refractivity contribution >= 4 is 14.4 Å². The largest absolute Gasteiger partial charge is 0.328 e. The lowest BCUT2D eigenvalue weighted by molar-refractivity contribution is 0.0979. The summed E-state index contributed by atoms with van der Waals surface area (Å²) in [5, 5.41) is 0. The van der Waals surface area contributed by atoms with Crippen LogP contribution in [0, 0.1) is 5.92 Å². The van der Waals surface area contributed by atoms with Gasteiger partial charge in [-0.15, -0.1) is 0 Å². The zero-order valence-electron chi connectivity index (χ0n) is 16.2. The van der Waals surface area contributed by atoms with E-state index in [0.29, 0.717) is 24.9 Å². The fourth-order valence-corrected chi connectivity index (χ4v) is 4.39. The van der Waals surface area contributed by atoms with Gasteiger partial charge in [-0.3, -0.25) is 4.79 Å². The molecule has 0 amide bonds. The Balaban J connectivity index is 1.41. The van der Waals surface area contributed by atoms with Crippen molar-refractivity contribution in [3.63, 3.8) is 0 Å². The maximum absolute atomic E-state index is 12.4. The van der Waals surface area contributed by atoms with Crippen molar-refractivity contribution in [2.24, 2.45) is 5.92 Å². The molecular weight excluding hydrogens is 371 g/mol. The first kappa shape index (κ1) is 21.1. The summed E-state index contributed by atoms with van der Waals surface area (Å²) < 4.78 is 4.97. The SMILES string of the molecule is O=C(CCCCc1ccccc1)c1ccc(C2CCC(COP(O)O)C2)cc1. The molecule has 2 aromatic carbocycles. The fraction of sp³-hybridized carbons (Fsp3) is 0.435. The summed E-state index contributed by atoms with van der Waals surface area (Å²) in [6, 6.07) is 18.5. The van der Waals surface area contributed by atoms with Crippen molar-refractivity contribution in [2.75, 3.05) is 6.61 Å². The zero-order chi connectivity index (χ0) is 19.8. The highest BCUT2D eigenvalue weighted by atomic mass is 31.2. The Kier molecular flexibility index (Phi) is 8.17. The molecule has 2 atom stereocenters. The van der Waals surface area contributed by atoms with Gasteiger partial charge in [0, 0.05) is 12.0 Å². The number of aryl methyl sites for hydroxylation is 1. The van der Waals surface area contributed by atoms with Gasteiger partial charge in [-0.25, -0.2) is 0 Å². The highest BCUT2D eigenvalue weighted by Crippen LogP contribution is 2.40. The van der Waals surface area contributed by atoms with Crippen LogP contribution in [0.3, 0.4) is 0 Å². The van der Waals surface area contributed by atoms with Crippen LogP contribution in [0.2, 0.25) is 0 Å². The molecule has 0 bridgehead atoms. The second-order valence-corrected chi connectivity index (χ2v) is 8.43. The molecule has 1 fully saturated rings.